The summed E-state index contributed by atoms with van der Waals surface area (Å²) in [7, 11) is 0. The Hall–Kier alpha value is -4.16. The molecule has 3 aromatic carbocycles. The minimum Gasteiger partial charge on any atom is -0.491 e. The van der Waals surface area contributed by atoms with E-state index in [0.717, 1.165) is 43.4 Å². The second-order valence-corrected chi connectivity index (χ2v) is 11.9. The zero-order chi connectivity index (χ0) is 30.8. The number of rotatable bonds is 9. The van der Waals surface area contributed by atoms with Gasteiger partial charge in [0.15, 0.2) is 0 Å². The molecular formula is C32H32Cl2N8O3. The molecule has 2 aliphatic heterocycles. The van der Waals surface area contributed by atoms with Gasteiger partial charge >= 0.3 is 0 Å². The molecule has 0 N–H and O–H groups in total. The Morgan fingerprint density at radius 2 is 1.56 bits per heavy atom. The number of benzene rings is 3. The van der Waals surface area contributed by atoms with Crippen molar-refractivity contribution in [1.82, 2.24) is 29.5 Å². The summed E-state index contributed by atoms with van der Waals surface area (Å²) in [6.45, 7) is 6.61. The van der Waals surface area contributed by atoms with Crippen molar-refractivity contribution in [3.63, 3.8) is 0 Å². The number of aryl methyl sites for hydroxylation is 1. The monoisotopic (exact) mass is 646 g/mol. The molecule has 0 saturated carbocycles. The highest BCUT2D eigenvalue weighted by molar-refractivity contribution is 6.35. The van der Waals surface area contributed by atoms with Crippen molar-refractivity contribution in [2.45, 2.75) is 25.4 Å². The van der Waals surface area contributed by atoms with Gasteiger partial charge in [-0.15, -0.1) is 0 Å². The molecule has 13 heteroatoms. The average Bonchev–Trinajstić information content (AvgIpc) is 3.83. The van der Waals surface area contributed by atoms with Gasteiger partial charge in [-0.2, -0.15) is 10.2 Å². The molecule has 232 valence electrons. The van der Waals surface area contributed by atoms with Gasteiger partial charge in [-0.05, 0) is 67.6 Å². The lowest BCUT2D eigenvalue weighted by Gasteiger charge is -2.37. The Morgan fingerprint density at radius 3 is 2.18 bits per heavy atom. The molecule has 0 spiro atoms. The van der Waals surface area contributed by atoms with Crippen LogP contribution in [0, 0.1) is 6.92 Å². The smallest absolute Gasteiger partial charge is 0.217 e. The standard InChI is InChI=1S/C32H32Cl2N8O3/c1-23-36-21-38-42(23)27-5-3-25(4-6-27)39-12-14-40(15-13-39)26-7-9-28(10-8-26)43-17-29-18-44-32(45-29,19-41-22-35-20-37-41)30-11-2-24(33)16-31(30)34/h2-11,16,20-22,29H,12-15,17-19H2,1H3. The Morgan fingerprint density at radius 1 is 0.867 bits per heavy atom. The molecule has 2 saturated heterocycles. The second-order valence-electron chi connectivity index (χ2n) is 11.0. The van der Waals surface area contributed by atoms with Gasteiger partial charge in [0, 0.05) is 48.1 Å². The van der Waals surface area contributed by atoms with Crippen LogP contribution in [0.15, 0.2) is 85.7 Å². The summed E-state index contributed by atoms with van der Waals surface area (Å²) in [5.41, 5.74) is 4.07. The summed E-state index contributed by atoms with van der Waals surface area (Å²) in [5.74, 6) is 0.491. The van der Waals surface area contributed by atoms with Crippen molar-refractivity contribution in [2.24, 2.45) is 0 Å². The van der Waals surface area contributed by atoms with Gasteiger partial charge in [0.05, 0.1) is 17.3 Å². The number of nitrogens with zero attached hydrogens (tertiary/aromatic N) is 8. The van der Waals surface area contributed by atoms with Gasteiger partial charge in [0.2, 0.25) is 5.79 Å². The third-order valence-corrected chi connectivity index (χ3v) is 8.68. The van der Waals surface area contributed by atoms with Crippen molar-refractivity contribution in [2.75, 3.05) is 49.2 Å². The van der Waals surface area contributed by atoms with Crippen LogP contribution < -0.4 is 14.5 Å². The summed E-state index contributed by atoms with van der Waals surface area (Å²) in [4.78, 5) is 13.1. The molecule has 0 aliphatic carbocycles. The predicted molar refractivity (Wildman–Crippen MR) is 171 cm³/mol. The second kappa shape index (κ2) is 12.7. The third-order valence-electron chi connectivity index (χ3n) is 8.13. The molecule has 5 aromatic rings. The minimum atomic E-state index is -1.15. The quantitative estimate of drug-likeness (QED) is 0.215. The van der Waals surface area contributed by atoms with E-state index in [1.165, 1.54) is 17.7 Å². The maximum absolute atomic E-state index is 6.57. The fourth-order valence-corrected chi connectivity index (χ4v) is 6.36. The first-order valence-corrected chi connectivity index (χ1v) is 15.5. The highest BCUT2D eigenvalue weighted by atomic mass is 35.5. The fourth-order valence-electron chi connectivity index (χ4n) is 5.80. The maximum Gasteiger partial charge on any atom is 0.217 e. The van der Waals surface area contributed by atoms with E-state index in [0.29, 0.717) is 28.8 Å². The number of ether oxygens (including phenoxy) is 3. The van der Waals surface area contributed by atoms with Gasteiger partial charge in [0.25, 0.3) is 0 Å². The highest BCUT2D eigenvalue weighted by Gasteiger charge is 2.45. The molecule has 2 aliphatic rings. The topological polar surface area (TPSA) is 95.6 Å². The minimum absolute atomic E-state index is 0.279. The largest absolute Gasteiger partial charge is 0.491 e. The molecule has 2 fully saturated rings. The van der Waals surface area contributed by atoms with Crippen LogP contribution in [0.25, 0.3) is 5.69 Å². The molecule has 45 heavy (non-hydrogen) atoms. The lowest BCUT2D eigenvalue weighted by molar-refractivity contribution is -0.190. The molecule has 2 aromatic heterocycles. The van der Waals surface area contributed by atoms with E-state index in [1.807, 2.05) is 29.8 Å². The van der Waals surface area contributed by atoms with E-state index < -0.39 is 5.79 Å². The zero-order valence-electron chi connectivity index (χ0n) is 24.7. The molecule has 0 amide bonds. The van der Waals surface area contributed by atoms with E-state index in [1.54, 1.807) is 29.5 Å². The maximum atomic E-state index is 6.57. The van der Waals surface area contributed by atoms with Crippen molar-refractivity contribution in [3.8, 4) is 11.4 Å². The number of piperazine rings is 1. The van der Waals surface area contributed by atoms with Crippen LogP contribution in [0.4, 0.5) is 11.4 Å². The van der Waals surface area contributed by atoms with E-state index in [2.05, 4.69) is 66.4 Å². The van der Waals surface area contributed by atoms with Gasteiger partial charge in [-0.25, -0.2) is 19.3 Å². The predicted octanol–water partition coefficient (Wildman–Crippen LogP) is 5.15. The van der Waals surface area contributed by atoms with Gasteiger partial charge < -0.3 is 24.0 Å². The summed E-state index contributed by atoms with van der Waals surface area (Å²) in [6.07, 6.45) is 4.34. The first kappa shape index (κ1) is 29.5. The van der Waals surface area contributed by atoms with Crippen molar-refractivity contribution in [1.29, 1.82) is 0 Å². The molecular weight excluding hydrogens is 615 g/mol. The summed E-state index contributed by atoms with van der Waals surface area (Å²) >= 11 is 12.7. The summed E-state index contributed by atoms with van der Waals surface area (Å²) in [5, 5.41) is 9.52. The molecule has 2 atom stereocenters. The third kappa shape index (κ3) is 6.34. The zero-order valence-corrected chi connectivity index (χ0v) is 26.2. The van der Waals surface area contributed by atoms with E-state index in [4.69, 9.17) is 37.4 Å². The Balaban J connectivity index is 0.935. The van der Waals surface area contributed by atoms with Gasteiger partial charge in [-0.1, -0.05) is 29.3 Å². The van der Waals surface area contributed by atoms with Gasteiger partial charge in [-0.3, -0.25) is 0 Å². The molecule has 7 rings (SSSR count). The molecule has 0 bridgehead atoms. The number of aromatic nitrogens is 6. The van der Waals surface area contributed by atoms with Crippen LogP contribution in [-0.4, -0.2) is 75.0 Å². The van der Waals surface area contributed by atoms with E-state index >= 15 is 0 Å². The first-order chi connectivity index (χ1) is 22.0. The first-order valence-electron chi connectivity index (χ1n) is 14.8. The van der Waals surface area contributed by atoms with Crippen LogP contribution in [-0.2, 0) is 21.8 Å². The van der Waals surface area contributed by atoms with Crippen LogP contribution in [0.5, 0.6) is 5.75 Å². The van der Waals surface area contributed by atoms with Crippen LogP contribution in [0.2, 0.25) is 10.0 Å². The van der Waals surface area contributed by atoms with Crippen molar-refractivity contribution < 1.29 is 14.2 Å². The SMILES string of the molecule is Cc1ncnn1-c1ccc(N2CCN(c3ccc(OCC4COC(Cn5cncn5)(c5ccc(Cl)cc5Cl)O4)cc3)CC2)cc1. The number of anilines is 2. The van der Waals surface area contributed by atoms with Crippen LogP contribution in [0.3, 0.4) is 0 Å². The Kier molecular flexibility index (Phi) is 8.33. The molecule has 4 heterocycles. The fraction of sp³-hybridized carbons (Fsp3) is 0.312. The normalized spacial score (nSPS) is 20.1. The van der Waals surface area contributed by atoms with Gasteiger partial charge in [0.1, 0.15) is 49.8 Å². The van der Waals surface area contributed by atoms with E-state index in [9.17, 15) is 0 Å². The molecule has 2 unspecified atom stereocenters. The summed E-state index contributed by atoms with van der Waals surface area (Å²) < 4.78 is 22.3. The summed E-state index contributed by atoms with van der Waals surface area (Å²) in [6, 6.07) is 22.0. The van der Waals surface area contributed by atoms with Crippen LogP contribution in [0.1, 0.15) is 11.4 Å². The van der Waals surface area contributed by atoms with E-state index in [-0.39, 0.29) is 12.6 Å². The Bertz CT molecular complexity index is 1720. The Labute approximate surface area is 270 Å². The number of halogens is 2. The number of hydrogen-bond donors (Lipinski definition) is 0. The number of hydrogen-bond acceptors (Lipinski definition) is 9. The highest BCUT2D eigenvalue weighted by Crippen LogP contribution is 2.40. The molecule has 0 radical (unpaired) electrons. The van der Waals surface area contributed by atoms with Crippen molar-refractivity contribution >= 4 is 34.6 Å². The molecule has 11 nitrogen and oxygen atoms in total. The lowest BCUT2D eigenvalue weighted by Crippen LogP contribution is -2.46. The van der Waals surface area contributed by atoms with Crippen molar-refractivity contribution in [3.05, 3.63) is 107 Å². The lowest BCUT2D eigenvalue weighted by atomic mass is 10.1. The average molecular weight is 648 g/mol. The van der Waals surface area contributed by atoms with Crippen LogP contribution >= 0.6 is 23.2 Å².